The van der Waals surface area contributed by atoms with Gasteiger partial charge in [-0.3, -0.25) is 0 Å². The molecule has 39 valence electrons. The summed E-state index contributed by atoms with van der Waals surface area (Å²) < 4.78 is 0. The molecule has 0 aromatic rings. The zero-order chi connectivity index (χ0) is 0. The van der Waals surface area contributed by atoms with Crippen LogP contribution < -0.4 is 36.9 Å². The Balaban J connectivity index is 0. The molecule has 0 atom stereocenters. The Kier molecular flexibility index (Phi) is 1400000. The van der Waals surface area contributed by atoms with Gasteiger partial charge in [0.25, 0.3) is 0 Å². The van der Waals surface area contributed by atoms with Crippen molar-refractivity contribution in [3.05, 3.63) is 0 Å². The first-order chi connectivity index (χ1) is 0. The van der Waals surface area contributed by atoms with Crippen LogP contribution in [0.3, 0.4) is 0 Å². The minimum Gasteiger partial charge on any atom is 0 e. The van der Waals surface area contributed by atoms with Crippen molar-refractivity contribution in [2.75, 3.05) is 0 Å². The molecule has 0 unspecified atom stereocenters. The van der Waals surface area contributed by atoms with Crippen molar-refractivity contribution in [2.45, 2.75) is 0 Å². The van der Waals surface area contributed by atoms with Gasteiger partial charge in [0.05, 0.1) is 0 Å². The molecule has 0 heterocycles. The van der Waals surface area contributed by atoms with Crippen LogP contribution in [0, 0.1) is 0 Å². The fourth-order valence-electron chi connectivity index (χ4n) is 0. The van der Waals surface area contributed by atoms with Crippen LogP contribution in [0.15, 0.2) is 0 Å². The van der Waals surface area contributed by atoms with E-state index in [1.165, 1.54) is 0 Å². The Morgan fingerprint density at radius 2 is 0.286 bits per heavy atom. The van der Waals surface area contributed by atoms with Gasteiger partial charge < -0.3 is 0 Å². The Morgan fingerprint density at radius 1 is 0.286 bits per heavy atom. The van der Waals surface area contributed by atoms with Gasteiger partial charge in [0.1, 0.15) is 0 Å². The second kappa shape index (κ2) is 2450. The SMILES string of the molecule is [Co].[N].[N].[N].[N].[N].[N]. The average Bonchev–Trinajstić information content (AvgIpc) is 0. The van der Waals surface area contributed by atoms with Crippen molar-refractivity contribution in [3.8, 4) is 0 Å². The smallest absolute Gasteiger partial charge is 0 e. The van der Waals surface area contributed by atoms with E-state index in [9.17, 15) is 0 Å². The maximum absolute atomic E-state index is 0. The normalized spacial score (nSPS) is 0. The second-order valence-electron chi connectivity index (χ2n) is 0. The first-order valence-electron chi connectivity index (χ1n) is 0. The molecule has 0 rings (SSSR count). The molecule has 0 fully saturated rings. The molecular weight excluding hydrogens is 143 g/mol. The van der Waals surface area contributed by atoms with Gasteiger partial charge in [-0.25, -0.2) is 0 Å². The molecule has 0 aliphatic carbocycles. The molecule has 0 N–H and O–H groups in total. The van der Waals surface area contributed by atoms with Crippen molar-refractivity contribution in [2.24, 2.45) is 0 Å². The van der Waals surface area contributed by atoms with E-state index in [4.69, 9.17) is 0 Å². The van der Waals surface area contributed by atoms with E-state index in [2.05, 4.69) is 0 Å². The van der Waals surface area contributed by atoms with Gasteiger partial charge in [0.15, 0.2) is 0 Å². The van der Waals surface area contributed by atoms with Gasteiger partial charge in [-0.1, -0.05) is 0 Å². The maximum atomic E-state index is 0. The third-order valence-corrected chi connectivity index (χ3v) is 0. The minimum atomic E-state index is 0. The van der Waals surface area contributed by atoms with Crippen molar-refractivity contribution >= 4 is 0 Å². The van der Waals surface area contributed by atoms with Crippen molar-refractivity contribution < 1.29 is 16.8 Å². The summed E-state index contributed by atoms with van der Waals surface area (Å²) in [6.07, 6.45) is 0. The number of hydrogen-bond donors (Lipinski definition) is 0. The molecule has 0 aliphatic rings. The van der Waals surface area contributed by atoms with Crippen LogP contribution >= 0.6 is 0 Å². The summed E-state index contributed by atoms with van der Waals surface area (Å²) in [6, 6.07) is 0. The zero-order valence-electron chi connectivity index (χ0n) is 3.02. The quantitative estimate of drug-likeness (QED) is 0.337. The molecule has 0 spiro atoms. The number of hydrogen-bond acceptors (Lipinski definition) is 0. The zero-order valence-corrected chi connectivity index (χ0v) is 4.06. The van der Waals surface area contributed by atoms with Gasteiger partial charge in [-0.05, 0) is 0 Å². The molecule has 0 aromatic carbocycles. The largest absolute Gasteiger partial charge is 0 e. The van der Waals surface area contributed by atoms with Gasteiger partial charge in [0, 0.05) is 53.7 Å². The predicted molar refractivity (Wildman–Crippen MR) is 12.8 cm³/mol. The summed E-state index contributed by atoms with van der Waals surface area (Å²) in [5.74, 6) is 0. The molecule has 7 heteroatoms. The molecule has 0 aromatic heterocycles. The fraction of sp³-hybridized carbons (Fsp3) is 0. The Bertz CT molecular complexity index is 4.14. The van der Waals surface area contributed by atoms with Crippen molar-refractivity contribution in [1.29, 1.82) is 0 Å². The molecule has 0 saturated heterocycles. The van der Waals surface area contributed by atoms with Crippen molar-refractivity contribution in [1.82, 2.24) is 36.9 Å². The second-order valence-corrected chi connectivity index (χ2v) is 0. The molecule has 6 nitrogen and oxygen atoms in total. The van der Waals surface area contributed by atoms with Crippen LogP contribution in [-0.2, 0) is 16.8 Å². The Morgan fingerprint density at radius 3 is 0.286 bits per heavy atom. The minimum absolute atomic E-state index is 0. The van der Waals surface area contributed by atoms with Gasteiger partial charge >= 0.3 is 0 Å². The van der Waals surface area contributed by atoms with Crippen LogP contribution in [0.5, 0.6) is 0 Å². The van der Waals surface area contributed by atoms with Crippen LogP contribution in [-0.4, -0.2) is 0 Å². The van der Waals surface area contributed by atoms with E-state index in [1.54, 1.807) is 0 Å². The van der Waals surface area contributed by atoms with Crippen LogP contribution in [0.1, 0.15) is 0 Å². The Labute approximate surface area is 54.5 Å². The summed E-state index contributed by atoms with van der Waals surface area (Å²) in [7, 11) is 0. The van der Waals surface area contributed by atoms with E-state index < -0.39 is 0 Å². The molecule has 0 bridgehead atoms. The van der Waals surface area contributed by atoms with E-state index in [1.807, 2.05) is 0 Å². The topological polar surface area (TPSA) is 183 Å². The standard InChI is InChI=1S/Co.6N. The summed E-state index contributed by atoms with van der Waals surface area (Å²) in [5.41, 5.74) is 0. The maximum Gasteiger partial charge on any atom is 0 e. The predicted octanol–water partition coefficient (Wildman–Crippen LogP) is -2.89. The molecule has 0 aliphatic heterocycles. The Hall–Kier alpha value is 0.266. The first kappa shape index (κ1) is 4020. The van der Waals surface area contributed by atoms with Crippen LogP contribution in [0.25, 0.3) is 0 Å². The summed E-state index contributed by atoms with van der Waals surface area (Å²) in [4.78, 5) is 0. The third kappa shape index (κ3) is 1610. The molecular formula is CoN6. The molecule has 0 amide bonds. The van der Waals surface area contributed by atoms with Crippen LogP contribution in [0.4, 0.5) is 0 Å². The number of rotatable bonds is 0. The van der Waals surface area contributed by atoms with Gasteiger partial charge in [0.2, 0.25) is 0 Å². The summed E-state index contributed by atoms with van der Waals surface area (Å²) in [6.45, 7) is 0. The monoisotopic (exact) mass is 143 g/mol. The van der Waals surface area contributed by atoms with Gasteiger partial charge in [-0.15, -0.1) is 0 Å². The van der Waals surface area contributed by atoms with E-state index in [0.29, 0.717) is 0 Å². The van der Waals surface area contributed by atoms with Crippen LogP contribution in [0.2, 0.25) is 0 Å². The molecule has 0 saturated carbocycles. The first-order valence-corrected chi connectivity index (χ1v) is 0. The van der Waals surface area contributed by atoms with E-state index in [0.717, 1.165) is 0 Å². The average molecular weight is 143 g/mol. The summed E-state index contributed by atoms with van der Waals surface area (Å²) >= 11 is 0. The van der Waals surface area contributed by atoms with E-state index in [-0.39, 0.29) is 53.7 Å². The molecule has 19 radical (unpaired) electrons. The number of nitrogens with zero attached hydrogens (tertiary/aromatic N) is 6. The fourth-order valence-corrected chi connectivity index (χ4v) is 0. The van der Waals surface area contributed by atoms with E-state index >= 15 is 0 Å². The van der Waals surface area contributed by atoms with Crippen molar-refractivity contribution in [3.63, 3.8) is 0 Å². The summed E-state index contributed by atoms with van der Waals surface area (Å²) in [5, 5.41) is 0. The third-order valence-electron chi connectivity index (χ3n) is 0. The molecule has 7 heavy (non-hydrogen) atoms. The van der Waals surface area contributed by atoms with Gasteiger partial charge in [-0.2, -0.15) is 0 Å².